The van der Waals surface area contributed by atoms with Crippen LogP contribution in [0.4, 0.5) is 16.5 Å². The molecule has 0 radical (unpaired) electrons. The Bertz CT molecular complexity index is 1590. The molecule has 0 saturated carbocycles. The average Bonchev–Trinajstić information content (AvgIpc) is 3.41. The quantitative estimate of drug-likeness (QED) is 0.128. The van der Waals surface area contributed by atoms with Crippen LogP contribution in [0.25, 0.3) is 16.0 Å². The Labute approximate surface area is 216 Å². The van der Waals surface area contributed by atoms with E-state index in [-0.39, 0.29) is 16.8 Å². The molecule has 0 spiro atoms. The number of nitrogens with zero attached hydrogens (tertiary/aromatic N) is 4. The Hall–Kier alpha value is -4.57. The molecule has 2 heterocycles. The summed E-state index contributed by atoms with van der Waals surface area (Å²) in [5.41, 5.74) is 3.21. The normalized spacial score (nSPS) is 16.9. The number of aliphatic hydroxyl groups is 1. The molecule has 1 saturated heterocycles. The second-order valence-corrected chi connectivity index (χ2v) is 9.94. The van der Waals surface area contributed by atoms with E-state index in [0.717, 1.165) is 16.0 Å². The molecular weight excluding hydrogens is 492 g/mol. The summed E-state index contributed by atoms with van der Waals surface area (Å²) in [4.78, 5) is 45.1. The van der Waals surface area contributed by atoms with Gasteiger partial charge in [-0.05, 0) is 54.4 Å². The number of hydrogen-bond donors (Lipinski definition) is 1. The lowest BCUT2D eigenvalue weighted by Crippen LogP contribution is -2.29. The van der Waals surface area contributed by atoms with E-state index in [0.29, 0.717) is 16.2 Å². The van der Waals surface area contributed by atoms with E-state index in [1.54, 1.807) is 12.1 Å². The van der Waals surface area contributed by atoms with Crippen molar-refractivity contribution in [3.8, 4) is 0 Å². The predicted molar refractivity (Wildman–Crippen MR) is 143 cm³/mol. The number of nitro benzene ring substituents is 1. The number of anilines is 2. The summed E-state index contributed by atoms with van der Waals surface area (Å²) < 4.78 is 0.869. The molecule has 1 unspecified atom stereocenters. The number of non-ortho nitro benzene ring substituents is 1. The molecule has 10 heteroatoms. The van der Waals surface area contributed by atoms with Gasteiger partial charge in [-0.15, -0.1) is 0 Å². The molecule has 5 rings (SSSR count). The van der Waals surface area contributed by atoms with E-state index in [2.05, 4.69) is 4.98 Å². The molecule has 1 atom stereocenters. The third kappa shape index (κ3) is 4.21. The number of Topliss-reactive ketones (excluding diaryl/α,β-unsaturated/α-hetero) is 1. The fourth-order valence-electron chi connectivity index (χ4n) is 4.32. The first-order chi connectivity index (χ1) is 17.7. The van der Waals surface area contributed by atoms with Gasteiger partial charge in [-0.3, -0.25) is 24.6 Å². The molecule has 0 aliphatic carbocycles. The molecule has 1 aliphatic heterocycles. The van der Waals surface area contributed by atoms with E-state index < -0.39 is 28.4 Å². The molecular formula is C27H22N4O5S. The summed E-state index contributed by atoms with van der Waals surface area (Å²) in [5, 5.41) is 22.6. The number of hydrogen-bond acceptors (Lipinski definition) is 8. The zero-order chi connectivity index (χ0) is 26.4. The van der Waals surface area contributed by atoms with Gasteiger partial charge in [0, 0.05) is 37.5 Å². The van der Waals surface area contributed by atoms with Crippen molar-refractivity contribution in [2.75, 3.05) is 23.9 Å². The highest BCUT2D eigenvalue weighted by Gasteiger charge is 2.48. The Morgan fingerprint density at radius 1 is 1.05 bits per heavy atom. The SMILES string of the molecule is Cc1ccc2nc(N3C(=O)C(=O)/C(=C(/O)c4ccc([N+](=O)[O-])cc4)C3c3ccc(N(C)C)cc3)sc2c1. The lowest BCUT2D eigenvalue weighted by molar-refractivity contribution is -0.384. The number of aromatic nitrogens is 1. The molecule has 1 amide bonds. The van der Waals surface area contributed by atoms with Gasteiger partial charge in [-0.1, -0.05) is 29.5 Å². The average molecular weight is 515 g/mol. The minimum atomic E-state index is -0.937. The molecule has 1 aliphatic rings. The fraction of sp³-hybridized carbons (Fsp3) is 0.148. The summed E-state index contributed by atoms with van der Waals surface area (Å²) >= 11 is 1.29. The zero-order valence-electron chi connectivity index (χ0n) is 20.2. The monoisotopic (exact) mass is 514 g/mol. The van der Waals surface area contributed by atoms with Crippen molar-refractivity contribution in [1.82, 2.24) is 4.98 Å². The minimum absolute atomic E-state index is 0.105. The number of carbonyl (C=O) groups is 2. The number of ketones is 1. The van der Waals surface area contributed by atoms with Crippen molar-refractivity contribution in [3.05, 3.63) is 99.1 Å². The molecule has 1 aromatic heterocycles. The number of rotatable bonds is 5. The maximum atomic E-state index is 13.4. The summed E-state index contributed by atoms with van der Waals surface area (Å²) in [5.74, 6) is -2.07. The van der Waals surface area contributed by atoms with E-state index in [1.807, 2.05) is 56.3 Å². The third-order valence-electron chi connectivity index (χ3n) is 6.26. The van der Waals surface area contributed by atoms with E-state index >= 15 is 0 Å². The van der Waals surface area contributed by atoms with Crippen LogP contribution in [0, 0.1) is 17.0 Å². The molecule has 4 aromatic rings. The van der Waals surface area contributed by atoms with Crippen LogP contribution in [0.3, 0.4) is 0 Å². The maximum Gasteiger partial charge on any atom is 0.301 e. The highest BCUT2D eigenvalue weighted by atomic mass is 32.1. The molecule has 0 bridgehead atoms. The van der Waals surface area contributed by atoms with E-state index in [9.17, 15) is 24.8 Å². The molecule has 186 valence electrons. The number of benzene rings is 3. The lowest BCUT2D eigenvalue weighted by atomic mass is 9.95. The van der Waals surface area contributed by atoms with Crippen LogP contribution in [0.1, 0.15) is 22.7 Å². The number of aryl methyl sites for hydroxylation is 1. The van der Waals surface area contributed by atoms with Crippen LogP contribution >= 0.6 is 11.3 Å². The number of thiazole rings is 1. The number of aliphatic hydroxyl groups excluding tert-OH is 1. The molecule has 1 fully saturated rings. The van der Waals surface area contributed by atoms with Crippen molar-refractivity contribution in [2.45, 2.75) is 13.0 Å². The van der Waals surface area contributed by atoms with E-state index in [1.165, 1.54) is 40.5 Å². The Kier molecular flexibility index (Phi) is 5.96. The molecule has 9 nitrogen and oxygen atoms in total. The largest absolute Gasteiger partial charge is 0.507 e. The van der Waals surface area contributed by atoms with E-state index in [4.69, 9.17) is 0 Å². The molecule has 3 aromatic carbocycles. The second-order valence-electron chi connectivity index (χ2n) is 8.93. The van der Waals surface area contributed by atoms with Crippen molar-refractivity contribution >= 4 is 55.5 Å². The van der Waals surface area contributed by atoms with Crippen LogP contribution < -0.4 is 9.80 Å². The maximum absolute atomic E-state index is 13.4. The van der Waals surface area contributed by atoms with Gasteiger partial charge >= 0.3 is 5.91 Å². The standard InChI is InChI=1S/C27H22N4O5S/c1-15-4-13-20-21(14-15)37-27(28-20)30-23(16-5-9-18(10-6-16)29(2)3)22(25(33)26(30)34)24(32)17-7-11-19(12-8-17)31(35)36/h4-14,23,32H,1-3H3/b24-22+. The van der Waals surface area contributed by atoms with Gasteiger partial charge in [0.1, 0.15) is 5.76 Å². The Balaban J connectivity index is 1.70. The van der Waals surface area contributed by atoms with Gasteiger partial charge in [0.2, 0.25) is 0 Å². The first-order valence-corrected chi connectivity index (χ1v) is 12.2. The Morgan fingerprint density at radius 3 is 2.35 bits per heavy atom. The Morgan fingerprint density at radius 2 is 1.73 bits per heavy atom. The lowest BCUT2D eigenvalue weighted by Gasteiger charge is -2.23. The van der Waals surface area contributed by atoms with Crippen molar-refractivity contribution < 1.29 is 19.6 Å². The first-order valence-electron chi connectivity index (χ1n) is 11.4. The summed E-state index contributed by atoms with van der Waals surface area (Å²) in [6.07, 6.45) is 0. The van der Waals surface area contributed by atoms with Gasteiger partial charge in [0.15, 0.2) is 5.13 Å². The van der Waals surface area contributed by atoms with Crippen molar-refractivity contribution in [2.24, 2.45) is 0 Å². The summed E-state index contributed by atoms with van der Waals surface area (Å²) in [6.45, 7) is 1.96. The van der Waals surface area contributed by atoms with Crippen LogP contribution in [0.2, 0.25) is 0 Å². The number of amides is 1. The summed E-state index contributed by atoms with van der Waals surface area (Å²) in [6, 6.07) is 17.3. The van der Waals surface area contributed by atoms with Crippen LogP contribution in [0.5, 0.6) is 0 Å². The zero-order valence-corrected chi connectivity index (χ0v) is 21.0. The molecule has 37 heavy (non-hydrogen) atoms. The van der Waals surface area contributed by atoms with Crippen molar-refractivity contribution in [3.63, 3.8) is 0 Å². The number of carbonyl (C=O) groups excluding carboxylic acids is 2. The topological polar surface area (TPSA) is 117 Å². The fourth-order valence-corrected chi connectivity index (χ4v) is 5.41. The van der Waals surface area contributed by atoms with Gasteiger partial charge in [-0.25, -0.2) is 4.98 Å². The summed E-state index contributed by atoms with van der Waals surface area (Å²) in [7, 11) is 3.80. The van der Waals surface area contributed by atoms with Crippen molar-refractivity contribution in [1.29, 1.82) is 0 Å². The highest BCUT2D eigenvalue weighted by molar-refractivity contribution is 7.22. The van der Waals surface area contributed by atoms with Gasteiger partial charge < -0.3 is 10.0 Å². The van der Waals surface area contributed by atoms with Gasteiger partial charge in [-0.2, -0.15) is 0 Å². The van der Waals surface area contributed by atoms with Crippen LogP contribution in [-0.2, 0) is 9.59 Å². The smallest absolute Gasteiger partial charge is 0.301 e. The highest BCUT2D eigenvalue weighted by Crippen LogP contribution is 2.44. The van der Waals surface area contributed by atoms with Gasteiger partial charge in [0.25, 0.3) is 11.5 Å². The predicted octanol–water partition coefficient (Wildman–Crippen LogP) is 5.21. The number of fused-ring (bicyclic) bond motifs is 1. The first kappa shape index (κ1) is 24.1. The number of nitro groups is 1. The second kappa shape index (κ2) is 9.14. The third-order valence-corrected chi connectivity index (χ3v) is 7.28. The minimum Gasteiger partial charge on any atom is -0.507 e. The van der Waals surface area contributed by atoms with Gasteiger partial charge in [0.05, 0.1) is 26.8 Å². The molecule has 1 N–H and O–H groups in total. The van der Waals surface area contributed by atoms with Crippen LogP contribution in [-0.4, -0.2) is 40.8 Å². The van der Waals surface area contributed by atoms with Crippen LogP contribution in [0.15, 0.2) is 72.3 Å².